The Morgan fingerprint density at radius 1 is 1.48 bits per heavy atom. The van der Waals surface area contributed by atoms with Crippen LogP contribution in [0.5, 0.6) is 0 Å². The van der Waals surface area contributed by atoms with Crippen LogP contribution in [0.2, 0.25) is 0 Å². The lowest BCUT2D eigenvalue weighted by Crippen LogP contribution is -2.52. The van der Waals surface area contributed by atoms with Gasteiger partial charge in [0.15, 0.2) is 0 Å². The molecule has 0 aliphatic carbocycles. The minimum atomic E-state index is -0.137. The van der Waals surface area contributed by atoms with Crippen molar-refractivity contribution < 1.29 is 9.53 Å². The molecule has 0 saturated carbocycles. The number of hydrogen-bond acceptors (Lipinski definition) is 5. The third kappa shape index (κ3) is 4.37. The number of nitrogens with zero attached hydrogens (tertiary/aromatic N) is 2. The summed E-state index contributed by atoms with van der Waals surface area (Å²) in [6.45, 7) is 5.31. The third-order valence-electron chi connectivity index (χ3n) is 4.01. The molecule has 2 aromatic rings. The second-order valence-electron chi connectivity index (χ2n) is 5.77. The monoisotopic (exact) mass is 331 g/mol. The first-order chi connectivity index (χ1) is 11.2. The van der Waals surface area contributed by atoms with Gasteiger partial charge in [-0.05, 0) is 12.5 Å². The summed E-state index contributed by atoms with van der Waals surface area (Å²) in [6, 6.07) is 10.4. The summed E-state index contributed by atoms with van der Waals surface area (Å²) in [7, 11) is 0. The summed E-state index contributed by atoms with van der Waals surface area (Å²) >= 11 is 1.42. The van der Waals surface area contributed by atoms with Gasteiger partial charge < -0.3 is 10.1 Å². The van der Waals surface area contributed by atoms with E-state index in [9.17, 15) is 4.79 Å². The van der Waals surface area contributed by atoms with Crippen LogP contribution in [-0.4, -0.2) is 47.6 Å². The Kier molecular flexibility index (Phi) is 5.38. The maximum Gasteiger partial charge on any atom is 0.271 e. The van der Waals surface area contributed by atoms with Crippen LogP contribution < -0.4 is 5.32 Å². The van der Waals surface area contributed by atoms with E-state index in [4.69, 9.17) is 4.74 Å². The summed E-state index contributed by atoms with van der Waals surface area (Å²) in [4.78, 5) is 18.5. The number of morpholine rings is 1. The SMILES string of the molecule is CC(NC(=O)c1cscn1)C1CN(Cc2ccccc2)CCO1. The van der Waals surface area contributed by atoms with Crippen molar-refractivity contribution in [3.8, 4) is 0 Å². The van der Waals surface area contributed by atoms with Gasteiger partial charge in [0, 0.05) is 25.0 Å². The average Bonchev–Trinajstić information content (AvgIpc) is 3.10. The van der Waals surface area contributed by atoms with E-state index in [1.54, 1.807) is 10.9 Å². The Balaban J connectivity index is 1.54. The zero-order chi connectivity index (χ0) is 16.1. The van der Waals surface area contributed by atoms with Crippen molar-refractivity contribution in [3.63, 3.8) is 0 Å². The molecule has 0 radical (unpaired) electrons. The Hall–Kier alpha value is -1.76. The van der Waals surface area contributed by atoms with Gasteiger partial charge in [0.2, 0.25) is 0 Å². The smallest absolute Gasteiger partial charge is 0.271 e. The summed E-state index contributed by atoms with van der Waals surface area (Å²) in [5.74, 6) is -0.137. The molecule has 1 fully saturated rings. The zero-order valence-electron chi connectivity index (χ0n) is 13.1. The summed E-state index contributed by atoms with van der Waals surface area (Å²) in [5.41, 5.74) is 3.43. The van der Waals surface area contributed by atoms with Gasteiger partial charge in [-0.2, -0.15) is 0 Å². The van der Waals surface area contributed by atoms with E-state index in [0.717, 1.165) is 19.6 Å². The standard InChI is InChI=1S/C17H21N3O2S/c1-13(19-17(21)15-11-23-12-18-15)16-10-20(7-8-22-16)9-14-5-3-2-4-6-14/h2-6,11-13,16H,7-10H2,1H3,(H,19,21). The summed E-state index contributed by atoms with van der Waals surface area (Å²) < 4.78 is 5.85. The molecule has 1 amide bonds. The van der Waals surface area contributed by atoms with E-state index in [1.807, 2.05) is 13.0 Å². The van der Waals surface area contributed by atoms with Crippen LogP contribution in [0.15, 0.2) is 41.2 Å². The number of thiazole rings is 1. The molecule has 1 saturated heterocycles. The highest BCUT2D eigenvalue weighted by molar-refractivity contribution is 7.07. The molecule has 0 bridgehead atoms. The van der Waals surface area contributed by atoms with Crippen LogP contribution in [0.4, 0.5) is 0 Å². The fourth-order valence-electron chi connectivity index (χ4n) is 2.72. The van der Waals surface area contributed by atoms with E-state index in [0.29, 0.717) is 12.3 Å². The van der Waals surface area contributed by atoms with E-state index in [2.05, 4.69) is 39.5 Å². The first-order valence-electron chi connectivity index (χ1n) is 7.79. The molecule has 1 N–H and O–H groups in total. The van der Waals surface area contributed by atoms with Crippen molar-refractivity contribution in [1.82, 2.24) is 15.2 Å². The molecule has 1 aliphatic heterocycles. The van der Waals surface area contributed by atoms with Gasteiger partial charge in [-0.25, -0.2) is 4.98 Å². The van der Waals surface area contributed by atoms with Crippen LogP contribution in [0.25, 0.3) is 0 Å². The van der Waals surface area contributed by atoms with Crippen LogP contribution in [0, 0.1) is 0 Å². The van der Waals surface area contributed by atoms with Gasteiger partial charge >= 0.3 is 0 Å². The summed E-state index contributed by atoms with van der Waals surface area (Å²) in [5, 5.41) is 4.75. The lowest BCUT2D eigenvalue weighted by molar-refractivity contribution is -0.0449. The quantitative estimate of drug-likeness (QED) is 0.912. The minimum Gasteiger partial charge on any atom is -0.373 e. The van der Waals surface area contributed by atoms with Gasteiger partial charge in [0.25, 0.3) is 5.91 Å². The Labute approximate surface area is 140 Å². The highest BCUT2D eigenvalue weighted by atomic mass is 32.1. The maximum atomic E-state index is 12.1. The number of ether oxygens (including phenoxy) is 1. The number of carbonyl (C=O) groups excluding carboxylic acids is 1. The molecule has 5 nitrogen and oxygen atoms in total. The molecule has 1 aromatic carbocycles. The maximum absolute atomic E-state index is 12.1. The molecule has 6 heteroatoms. The van der Waals surface area contributed by atoms with Crippen molar-refractivity contribution in [2.45, 2.75) is 25.6 Å². The number of carbonyl (C=O) groups is 1. The van der Waals surface area contributed by atoms with Gasteiger partial charge in [0.1, 0.15) is 5.69 Å². The average molecular weight is 331 g/mol. The topological polar surface area (TPSA) is 54.5 Å². The van der Waals surface area contributed by atoms with Crippen LogP contribution in [-0.2, 0) is 11.3 Å². The lowest BCUT2D eigenvalue weighted by Gasteiger charge is -2.36. The molecular weight excluding hydrogens is 310 g/mol. The Morgan fingerprint density at radius 3 is 3.04 bits per heavy atom. The number of benzene rings is 1. The molecule has 1 aliphatic rings. The fraction of sp³-hybridized carbons (Fsp3) is 0.412. The molecule has 1 aromatic heterocycles. The van der Waals surface area contributed by atoms with Crippen molar-refractivity contribution in [2.75, 3.05) is 19.7 Å². The highest BCUT2D eigenvalue weighted by Gasteiger charge is 2.27. The number of amides is 1. The Morgan fingerprint density at radius 2 is 2.30 bits per heavy atom. The predicted octanol–water partition coefficient (Wildman–Crippen LogP) is 2.16. The van der Waals surface area contributed by atoms with Crippen molar-refractivity contribution in [2.24, 2.45) is 0 Å². The molecule has 0 spiro atoms. The van der Waals surface area contributed by atoms with Gasteiger partial charge in [-0.15, -0.1) is 11.3 Å². The first-order valence-corrected chi connectivity index (χ1v) is 8.73. The van der Waals surface area contributed by atoms with Crippen LogP contribution in [0.1, 0.15) is 23.0 Å². The number of aromatic nitrogens is 1. The largest absolute Gasteiger partial charge is 0.373 e. The number of hydrogen-bond donors (Lipinski definition) is 1. The normalized spacial score (nSPS) is 20.1. The lowest BCUT2D eigenvalue weighted by atomic mass is 10.1. The third-order valence-corrected chi connectivity index (χ3v) is 4.59. The predicted molar refractivity (Wildman–Crippen MR) is 90.5 cm³/mol. The summed E-state index contributed by atoms with van der Waals surface area (Å²) in [6.07, 6.45) is -0.00459. The number of rotatable bonds is 5. The molecule has 3 rings (SSSR count). The molecular formula is C17H21N3O2S. The van der Waals surface area contributed by atoms with Gasteiger partial charge in [0.05, 0.1) is 24.3 Å². The molecule has 2 heterocycles. The first kappa shape index (κ1) is 16.1. The van der Waals surface area contributed by atoms with Crippen molar-refractivity contribution >= 4 is 17.2 Å². The second-order valence-corrected chi connectivity index (χ2v) is 6.48. The zero-order valence-corrected chi connectivity index (χ0v) is 14.0. The molecule has 2 atom stereocenters. The van der Waals surface area contributed by atoms with Crippen molar-refractivity contribution in [3.05, 3.63) is 52.5 Å². The fourth-order valence-corrected chi connectivity index (χ4v) is 3.25. The van der Waals surface area contributed by atoms with Crippen molar-refractivity contribution in [1.29, 1.82) is 0 Å². The van der Waals surface area contributed by atoms with E-state index >= 15 is 0 Å². The molecule has 23 heavy (non-hydrogen) atoms. The molecule has 122 valence electrons. The van der Waals surface area contributed by atoms with E-state index in [1.165, 1.54) is 16.9 Å². The minimum absolute atomic E-state index is 0.00459. The number of nitrogens with one attached hydrogen (secondary N) is 1. The molecule has 2 unspecified atom stereocenters. The van der Waals surface area contributed by atoms with E-state index < -0.39 is 0 Å². The second kappa shape index (κ2) is 7.68. The van der Waals surface area contributed by atoms with Crippen LogP contribution >= 0.6 is 11.3 Å². The Bertz CT molecular complexity index is 618. The van der Waals surface area contributed by atoms with Gasteiger partial charge in [-0.3, -0.25) is 9.69 Å². The van der Waals surface area contributed by atoms with E-state index in [-0.39, 0.29) is 18.1 Å². The highest BCUT2D eigenvalue weighted by Crippen LogP contribution is 2.13. The van der Waals surface area contributed by atoms with Gasteiger partial charge in [-0.1, -0.05) is 30.3 Å². The van der Waals surface area contributed by atoms with Crippen LogP contribution in [0.3, 0.4) is 0 Å².